The van der Waals surface area contributed by atoms with Crippen molar-refractivity contribution in [2.24, 2.45) is 0 Å². The van der Waals surface area contributed by atoms with Gasteiger partial charge in [-0.1, -0.05) is 29.3 Å². The molecule has 1 saturated heterocycles. The van der Waals surface area contributed by atoms with Crippen molar-refractivity contribution >= 4 is 41.5 Å². The van der Waals surface area contributed by atoms with Gasteiger partial charge < -0.3 is 20.5 Å². The quantitative estimate of drug-likeness (QED) is 0.717. The maximum atomic E-state index is 11.8. The number of amides is 1. The summed E-state index contributed by atoms with van der Waals surface area (Å²) in [6, 6.07) is 4.88. The average Bonchev–Trinajstić information content (AvgIpc) is 3.00. The van der Waals surface area contributed by atoms with E-state index in [1.165, 1.54) is 0 Å². The molecule has 5 nitrogen and oxygen atoms in total. The van der Waals surface area contributed by atoms with Gasteiger partial charge in [0.1, 0.15) is 23.5 Å². The van der Waals surface area contributed by atoms with Crippen molar-refractivity contribution < 1.29 is 14.6 Å². The van der Waals surface area contributed by atoms with E-state index in [4.69, 9.17) is 27.9 Å². The number of halogens is 3. The number of aliphatic hydroxyl groups excluding tert-OH is 1. The van der Waals surface area contributed by atoms with Crippen LogP contribution in [0.4, 0.5) is 0 Å². The zero-order valence-electron chi connectivity index (χ0n) is 11.9. The van der Waals surface area contributed by atoms with Crippen LogP contribution in [0.15, 0.2) is 18.2 Å². The molecular weight excluding hydrogens is 351 g/mol. The van der Waals surface area contributed by atoms with E-state index < -0.39 is 6.10 Å². The Balaban J connectivity index is 0.00000242. The molecule has 8 heteroatoms. The first-order valence-electron chi connectivity index (χ1n) is 6.84. The Hall–Kier alpha value is -0.720. The fourth-order valence-corrected chi connectivity index (χ4v) is 2.44. The Bertz CT molecular complexity index is 496. The van der Waals surface area contributed by atoms with Crippen molar-refractivity contribution in [2.75, 3.05) is 19.7 Å². The summed E-state index contributed by atoms with van der Waals surface area (Å²) in [6.07, 6.45) is 1.01. The molecule has 1 unspecified atom stereocenters. The van der Waals surface area contributed by atoms with Crippen LogP contribution in [0.1, 0.15) is 12.8 Å². The summed E-state index contributed by atoms with van der Waals surface area (Å²) in [5.41, 5.74) is 0. The van der Waals surface area contributed by atoms with Crippen LogP contribution in [0.5, 0.6) is 5.75 Å². The second kappa shape index (κ2) is 9.43. The molecular formula is C14H19Cl3N2O3. The zero-order chi connectivity index (χ0) is 15.2. The number of aliphatic hydroxyl groups is 1. The second-order valence-electron chi connectivity index (χ2n) is 4.91. The van der Waals surface area contributed by atoms with Gasteiger partial charge >= 0.3 is 0 Å². The van der Waals surface area contributed by atoms with Crippen LogP contribution < -0.4 is 15.4 Å². The molecule has 0 radical (unpaired) electrons. The van der Waals surface area contributed by atoms with Crippen molar-refractivity contribution in [2.45, 2.75) is 25.0 Å². The molecule has 1 amide bonds. The molecule has 2 rings (SSSR count). The van der Waals surface area contributed by atoms with Gasteiger partial charge in [0.05, 0.1) is 11.1 Å². The van der Waals surface area contributed by atoms with E-state index in [0.29, 0.717) is 15.8 Å². The molecule has 0 bridgehead atoms. The lowest BCUT2D eigenvalue weighted by Crippen LogP contribution is -2.44. The standard InChI is InChI=1S/C14H18Cl2N2O3.ClH/c15-10-3-1-5-12(13(10)16)21-8-9(19)7-18-14(20)11-4-2-6-17-11;/h1,3,5,9,11,17,19H,2,4,6-8H2,(H,18,20);1H/t9?,11-;/m0./s1. The number of rotatable bonds is 6. The van der Waals surface area contributed by atoms with Crippen LogP contribution in [0, 0.1) is 0 Å². The summed E-state index contributed by atoms with van der Waals surface area (Å²) in [5.74, 6) is 0.319. The smallest absolute Gasteiger partial charge is 0.237 e. The fraction of sp³-hybridized carbons (Fsp3) is 0.500. The van der Waals surface area contributed by atoms with Crippen LogP contribution in [0.3, 0.4) is 0 Å². The molecule has 1 aromatic carbocycles. The molecule has 3 N–H and O–H groups in total. The van der Waals surface area contributed by atoms with Gasteiger partial charge in [-0.3, -0.25) is 4.79 Å². The molecule has 0 spiro atoms. The van der Waals surface area contributed by atoms with Crippen molar-refractivity contribution in [1.29, 1.82) is 0 Å². The predicted octanol–water partition coefficient (Wildman–Crippen LogP) is 2.02. The number of nitrogens with one attached hydrogen (secondary N) is 2. The predicted molar refractivity (Wildman–Crippen MR) is 89.2 cm³/mol. The first-order chi connectivity index (χ1) is 10.1. The van der Waals surface area contributed by atoms with Crippen molar-refractivity contribution in [3.63, 3.8) is 0 Å². The molecule has 0 saturated carbocycles. The highest BCUT2D eigenvalue weighted by Gasteiger charge is 2.22. The summed E-state index contributed by atoms with van der Waals surface area (Å²) >= 11 is 11.8. The number of hydrogen-bond acceptors (Lipinski definition) is 4. The van der Waals surface area contributed by atoms with Crippen LogP contribution in [0.2, 0.25) is 10.0 Å². The highest BCUT2D eigenvalue weighted by Crippen LogP contribution is 2.31. The van der Waals surface area contributed by atoms with Gasteiger partial charge in [0.15, 0.2) is 0 Å². The molecule has 0 aliphatic carbocycles. The molecule has 2 atom stereocenters. The summed E-state index contributed by atoms with van der Waals surface area (Å²) in [4.78, 5) is 11.8. The van der Waals surface area contributed by atoms with Crippen LogP contribution in [0.25, 0.3) is 0 Å². The first-order valence-corrected chi connectivity index (χ1v) is 7.59. The third-order valence-corrected chi connectivity index (χ3v) is 4.04. The van der Waals surface area contributed by atoms with Crippen LogP contribution in [-0.4, -0.2) is 42.9 Å². The fourth-order valence-electron chi connectivity index (χ4n) is 2.09. The molecule has 1 aliphatic heterocycles. The summed E-state index contributed by atoms with van der Waals surface area (Å²) in [6.45, 7) is 1.02. The number of ether oxygens (including phenoxy) is 1. The van der Waals surface area contributed by atoms with E-state index in [1.807, 2.05) is 0 Å². The highest BCUT2D eigenvalue weighted by atomic mass is 35.5. The van der Waals surface area contributed by atoms with Gasteiger partial charge in [-0.15, -0.1) is 12.4 Å². The van der Waals surface area contributed by atoms with Gasteiger partial charge in [0, 0.05) is 6.54 Å². The van der Waals surface area contributed by atoms with Gasteiger partial charge in [-0.2, -0.15) is 0 Å². The Morgan fingerprint density at radius 2 is 2.27 bits per heavy atom. The average molecular weight is 370 g/mol. The minimum atomic E-state index is -0.814. The number of benzene rings is 1. The topological polar surface area (TPSA) is 70.6 Å². The third-order valence-electron chi connectivity index (χ3n) is 3.24. The first kappa shape index (κ1) is 19.3. The largest absolute Gasteiger partial charge is 0.489 e. The van der Waals surface area contributed by atoms with E-state index >= 15 is 0 Å². The molecule has 1 aromatic rings. The Morgan fingerprint density at radius 1 is 1.50 bits per heavy atom. The van der Waals surface area contributed by atoms with Gasteiger partial charge in [-0.25, -0.2) is 0 Å². The summed E-state index contributed by atoms with van der Waals surface area (Å²) < 4.78 is 5.40. The van der Waals surface area contributed by atoms with Gasteiger partial charge in [0.25, 0.3) is 0 Å². The Kier molecular flexibility index (Phi) is 8.28. The van der Waals surface area contributed by atoms with Crippen LogP contribution in [-0.2, 0) is 4.79 Å². The normalized spacial score (nSPS) is 18.4. The van der Waals surface area contributed by atoms with Gasteiger partial charge in [-0.05, 0) is 31.5 Å². The Morgan fingerprint density at radius 3 is 2.95 bits per heavy atom. The van der Waals surface area contributed by atoms with Crippen molar-refractivity contribution in [3.8, 4) is 5.75 Å². The van der Waals surface area contributed by atoms with Crippen molar-refractivity contribution in [3.05, 3.63) is 28.2 Å². The number of carbonyl (C=O) groups excluding carboxylic acids is 1. The number of hydrogen-bond donors (Lipinski definition) is 3. The van der Waals surface area contributed by atoms with E-state index in [0.717, 1.165) is 19.4 Å². The zero-order valence-corrected chi connectivity index (χ0v) is 14.2. The number of carbonyl (C=O) groups is 1. The lowest BCUT2D eigenvalue weighted by Gasteiger charge is -2.16. The summed E-state index contributed by atoms with van der Waals surface area (Å²) in [5, 5.41) is 16.3. The molecule has 124 valence electrons. The van der Waals surface area contributed by atoms with E-state index in [9.17, 15) is 9.90 Å². The molecule has 22 heavy (non-hydrogen) atoms. The minimum absolute atomic E-state index is 0. The highest BCUT2D eigenvalue weighted by molar-refractivity contribution is 6.42. The second-order valence-corrected chi connectivity index (χ2v) is 5.70. The SMILES string of the molecule is Cl.O=C(NCC(O)COc1cccc(Cl)c1Cl)[C@@H]1CCCN1. The van der Waals surface area contributed by atoms with E-state index in [2.05, 4.69) is 10.6 Å². The molecule has 1 heterocycles. The van der Waals surface area contributed by atoms with Gasteiger partial charge in [0.2, 0.25) is 5.91 Å². The lowest BCUT2D eigenvalue weighted by molar-refractivity contribution is -0.123. The maximum Gasteiger partial charge on any atom is 0.237 e. The molecule has 0 aromatic heterocycles. The minimum Gasteiger partial charge on any atom is -0.489 e. The monoisotopic (exact) mass is 368 g/mol. The summed E-state index contributed by atoms with van der Waals surface area (Å²) in [7, 11) is 0. The van der Waals surface area contributed by atoms with Crippen LogP contribution >= 0.6 is 35.6 Å². The lowest BCUT2D eigenvalue weighted by atomic mass is 10.2. The maximum absolute atomic E-state index is 11.8. The Labute approximate surface area is 145 Å². The third kappa shape index (κ3) is 5.48. The molecule has 1 fully saturated rings. The van der Waals surface area contributed by atoms with Crippen molar-refractivity contribution in [1.82, 2.24) is 10.6 Å². The molecule has 1 aliphatic rings. The van der Waals surface area contributed by atoms with E-state index in [-0.39, 0.29) is 37.5 Å². The van der Waals surface area contributed by atoms with E-state index in [1.54, 1.807) is 18.2 Å².